The van der Waals surface area contributed by atoms with Crippen molar-refractivity contribution >= 4 is 12.0 Å². The third kappa shape index (κ3) is 6.40. The van der Waals surface area contributed by atoms with Crippen molar-refractivity contribution in [3.8, 4) is 6.07 Å². The van der Waals surface area contributed by atoms with E-state index in [1.54, 1.807) is 24.3 Å². The Labute approximate surface area is 122 Å². The number of carboxylic acids is 1. The number of rotatable bonds is 6. The molecule has 2 amide bonds. The molecular weight excluding hydrogens is 274 g/mol. The molecule has 0 aliphatic rings. The minimum absolute atomic E-state index is 0.177. The maximum atomic E-state index is 11.6. The summed E-state index contributed by atoms with van der Waals surface area (Å²) in [5, 5.41) is 32.0. The average Bonchev–Trinajstić information content (AvgIpc) is 2.42. The lowest BCUT2D eigenvalue weighted by Crippen LogP contribution is -2.45. The molecule has 0 saturated carbocycles. The summed E-state index contributed by atoms with van der Waals surface area (Å²) >= 11 is 0. The Morgan fingerprint density at radius 1 is 1.38 bits per heavy atom. The van der Waals surface area contributed by atoms with E-state index in [1.165, 1.54) is 6.92 Å². The molecule has 7 heteroatoms. The summed E-state index contributed by atoms with van der Waals surface area (Å²) in [5.41, 5.74) is -0.246. The molecule has 1 rings (SSSR count). The maximum absolute atomic E-state index is 11.6. The van der Waals surface area contributed by atoms with Gasteiger partial charge in [-0.25, -0.2) is 4.79 Å². The van der Waals surface area contributed by atoms with Crippen LogP contribution >= 0.6 is 0 Å². The Morgan fingerprint density at radius 2 is 2.10 bits per heavy atom. The topological polar surface area (TPSA) is 122 Å². The second-order valence-corrected chi connectivity index (χ2v) is 4.92. The molecule has 0 radical (unpaired) electrons. The van der Waals surface area contributed by atoms with Crippen LogP contribution in [0.4, 0.5) is 4.79 Å². The summed E-state index contributed by atoms with van der Waals surface area (Å²) in [6.07, 6.45) is -0.461. The quantitative estimate of drug-likeness (QED) is 0.610. The molecule has 1 unspecified atom stereocenters. The van der Waals surface area contributed by atoms with Gasteiger partial charge in [0.05, 0.1) is 23.7 Å². The maximum Gasteiger partial charge on any atom is 0.315 e. The first kappa shape index (κ1) is 16.5. The highest BCUT2D eigenvalue weighted by molar-refractivity contribution is 5.74. The van der Waals surface area contributed by atoms with Crippen molar-refractivity contribution in [2.45, 2.75) is 25.5 Å². The standard InChI is InChI=1S/C14H17N3O4/c1-14(21,6-12(18)19)9-17-13(20)16-8-11-4-2-3-10(5-11)7-15/h2-5,21H,6,8-9H2,1H3,(H,18,19)(H2,16,17,20). The second-order valence-electron chi connectivity index (χ2n) is 4.92. The number of nitriles is 1. The van der Waals surface area contributed by atoms with Gasteiger partial charge in [0.25, 0.3) is 0 Å². The van der Waals surface area contributed by atoms with Gasteiger partial charge < -0.3 is 20.8 Å². The van der Waals surface area contributed by atoms with Crippen molar-refractivity contribution in [2.24, 2.45) is 0 Å². The molecule has 0 saturated heterocycles. The molecule has 0 bridgehead atoms. The number of carbonyl (C=O) groups is 2. The van der Waals surface area contributed by atoms with Gasteiger partial charge in [-0.1, -0.05) is 12.1 Å². The number of carbonyl (C=O) groups excluding carboxylic acids is 1. The van der Waals surface area contributed by atoms with E-state index in [9.17, 15) is 14.7 Å². The van der Waals surface area contributed by atoms with Crippen LogP contribution in [-0.4, -0.2) is 34.4 Å². The SMILES string of the molecule is CC(O)(CNC(=O)NCc1cccc(C#N)c1)CC(=O)O. The molecule has 0 aliphatic carbocycles. The zero-order valence-electron chi connectivity index (χ0n) is 11.6. The molecule has 1 atom stereocenters. The number of amides is 2. The molecule has 1 aromatic rings. The first-order valence-electron chi connectivity index (χ1n) is 6.27. The molecule has 21 heavy (non-hydrogen) atoms. The summed E-state index contributed by atoms with van der Waals surface area (Å²) in [7, 11) is 0. The molecule has 112 valence electrons. The highest BCUT2D eigenvalue weighted by Gasteiger charge is 2.24. The van der Waals surface area contributed by atoms with E-state index in [4.69, 9.17) is 10.4 Å². The Kier molecular flexibility index (Phi) is 5.69. The number of aliphatic hydroxyl groups is 1. The van der Waals surface area contributed by atoms with Crippen molar-refractivity contribution in [1.82, 2.24) is 10.6 Å². The number of nitrogens with one attached hydrogen (secondary N) is 2. The monoisotopic (exact) mass is 291 g/mol. The average molecular weight is 291 g/mol. The summed E-state index contributed by atoms with van der Waals surface area (Å²) in [6.45, 7) is 1.38. The second kappa shape index (κ2) is 7.26. The fourth-order valence-corrected chi connectivity index (χ4v) is 1.65. The normalized spacial score (nSPS) is 12.8. The summed E-state index contributed by atoms with van der Waals surface area (Å²) in [6, 6.07) is 8.27. The van der Waals surface area contributed by atoms with Crippen LogP contribution in [0.2, 0.25) is 0 Å². The van der Waals surface area contributed by atoms with E-state index >= 15 is 0 Å². The molecule has 0 spiro atoms. The zero-order valence-corrected chi connectivity index (χ0v) is 11.6. The molecule has 0 heterocycles. The van der Waals surface area contributed by atoms with Gasteiger partial charge in [0.15, 0.2) is 0 Å². The fraction of sp³-hybridized carbons (Fsp3) is 0.357. The smallest absolute Gasteiger partial charge is 0.315 e. The Morgan fingerprint density at radius 3 is 2.71 bits per heavy atom. The van der Waals surface area contributed by atoms with Crippen molar-refractivity contribution in [2.75, 3.05) is 6.54 Å². The minimum Gasteiger partial charge on any atom is -0.481 e. The molecular formula is C14H17N3O4. The lowest BCUT2D eigenvalue weighted by Gasteiger charge is -2.21. The first-order chi connectivity index (χ1) is 9.82. The molecule has 7 nitrogen and oxygen atoms in total. The van der Waals surface area contributed by atoms with Crippen molar-refractivity contribution in [1.29, 1.82) is 5.26 Å². The Hall–Kier alpha value is -2.59. The number of hydrogen-bond acceptors (Lipinski definition) is 4. The predicted molar refractivity (Wildman–Crippen MR) is 74.3 cm³/mol. The lowest BCUT2D eigenvalue weighted by atomic mass is 10.0. The third-order valence-corrected chi connectivity index (χ3v) is 2.67. The number of hydrogen-bond donors (Lipinski definition) is 4. The number of urea groups is 1. The van der Waals surface area contributed by atoms with E-state index in [0.29, 0.717) is 5.56 Å². The van der Waals surface area contributed by atoms with Crippen LogP contribution in [0, 0.1) is 11.3 Å². The Balaban J connectivity index is 2.41. The van der Waals surface area contributed by atoms with Gasteiger partial charge in [0, 0.05) is 13.1 Å². The summed E-state index contributed by atoms with van der Waals surface area (Å²) < 4.78 is 0. The van der Waals surface area contributed by atoms with Crippen LogP contribution in [0.5, 0.6) is 0 Å². The number of carboxylic acid groups (broad SMARTS) is 1. The number of benzene rings is 1. The van der Waals surface area contributed by atoms with Gasteiger partial charge >= 0.3 is 12.0 Å². The van der Waals surface area contributed by atoms with E-state index < -0.39 is 24.0 Å². The van der Waals surface area contributed by atoms with Gasteiger partial charge in [-0.15, -0.1) is 0 Å². The van der Waals surface area contributed by atoms with Gasteiger partial charge in [-0.3, -0.25) is 4.79 Å². The lowest BCUT2D eigenvalue weighted by molar-refractivity contribution is -0.141. The van der Waals surface area contributed by atoms with Crippen LogP contribution in [0.3, 0.4) is 0 Å². The van der Waals surface area contributed by atoms with Gasteiger partial charge in [0.1, 0.15) is 0 Å². The minimum atomic E-state index is -1.51. The highest BCUT2D eigenvalue weighted by Crippen LogP contribution is 2.07. The Bertz CT molecular complexity index is 564. The summed E-state index contributed by atoms with van der Waals surface area (Å²) in [5.74, 6) is -1.14. The number of nitrogens with zero attached hydrogens (tertiary/aromatic N) is 1. The van der Waals surface area contributed by atoms with Crippen LogP contribution in [0.25, 0.3) is 0 Å². The largest absolute Gasteiger partial charge is 0.481 e. The molecule has 0 fully saturated rings. The van der Waals surface area contributed by atoms with Gasteiger partial charge in [-0.2, -0.15) is 5.26 Å². The van der Waals surface area contributed by atoms with Gasteiger partial charge in [0.2, 0.25) is 0 Å². The van der Waals surface area contributed by atoms with Crippen molar-refractivity contribution in [3.63, 3.8) is 0 Å². The van der Waals surface area contributed by atoms with Crippen molar-refractivity contribution in [3.05, 3.63) is 35.4 Å². The van der Waals surface area contributed by atoms with E-state index in [2.05, 4.69) is 10.6 Å². The predicted octanol–water partition coefficient (Wildman–Crippen LogP) is 0.583. The van der Waals surface area contributed by atoms with Gasteiger partial charge in [-0.05, 0) is 24.6 Å². The van der Waals surface area contributed by atoms with Crippen molar-refractivity contribution < 1.29 is 19.8 Å². The van der Waals surface area contributed by atoms with Crippen LogP contribution < -0.4 is 10.6 Å². The molecule has 0 aliphatic heterocycles. The van der Waals surface area contributed by atoms with Crippen LogP contribution in [0.15, 0.2) is 24.3 Å². The molecule has 4 N–H and O–H groups in total. The summed E-state index contributed by atoms with van der Waals surface area (Å²) in [4.78, 5) is 22.1. The number of aliphatic carboxylic acids is 1. The van der Waals surface area contributed by atoms with Crippen LogP contribution in [0.1, 0.15) is 24.5 Å². The van der Waals surface area contributed by atoms with E-state index in [1.807, 2.05) is 6.07 Å². The highest BCUT2D eigenvalue weighted by atomic mass is 16.4. The zero-order chi connectivity index (χ0) is 15.9. The first-order valence-corrected chi connectivity index (χ1v) is 6.27. The fourth-order valence-electron chi connectivity index (χ4n) is 1.65. The van der Waals surface area contributed by atoms with E-state index in [0.717, 1.165) is 5.56 Å². The van der Waals surface area contributed by atoms with Crippen LogP contribution in [-0.2, 0) is 11.3 Å². The van der Waals surface area contributed by atoms with E-state index in [-0.39, 0.29) is 13.1 Å². The third-order valence-electron chi connectivity index (χ3n) is 2.67. The molecule has 0 aromatic heterocycles. The molecule has 1 aromatic carbocycles.